The number of nitrogens with zero attached hydrogens (tertiary/aromatic N) is 3. The molecule has 1 aliphatic rings. The molecule has 102 valence electrons. The number of rotatable bonds is 1. The zero-order valence-electron chi connectivity index (χ0n) is 11.3. The Morgan fingerprint density at radius 2 is 2.15 bits per heavy atom. The molecule has 0 fully saturated rings. The normalized spacial score (nSPS) is 17.7. The lowest BCUT2D eigenvalue weighted by molar-refractivity contribution is 0.0973. The summed E-state index contributed by atoms with van der Waals surface area (Å²) in [6, 6.07) is 9.54. The number of benzene rings is 1. The van der Waals surface area contributed by atoms with Crippen LogP contribution in [0.5, 0.6) is 0 Å². The van der Waals surface area contributed by atoms with E-state index in [2.05, 4.69) is 9.97 Å². The monoisotopic (exact) mass is 268 g/mol. The fourth-order valence-electron chi connectivity index (χ4n) is 2.49. The van der Waals surface area contributed by atoms with Gasteiger partial charge in [0.05, 0.1) is 0 Å². The summed E-state index contributed by atoms with van der Waals surface area (Å²) in [5.41, 5.74) is 8.82. The summed E-state index contributed by atoms with van der Waals surface area (Å²) in [4.78, 5) is 22.6. The molecule has 1 aromatic carbocycles. The van der Waals surface area contributed by atoms with E-state index in [1.165, 1.54) is 0 Å². The van der Waals surface area contributed by atoms with Gasteiger partial charge in [0.2, 0.25) is 5.82 Å². The maximum Gasteiger partial charge on any atom is 0.296 e. The molecule has 2 aromatic rings. The van der Waals surface area contributed by atoms with Crippen molar-refractivity contribution < 1.29 is 4.79 Å². The summed E-state index contributed by atoms with van der Waals surface area (Å²) in [5.74, 6) is 0.0187. The minimum absolute atomic E-state index is 0.0568. The van der Waals surface area contributed by atoms with E-state index in [9.17, 15) is 4.79 Å². The Kier molecular flexibility index (Phi) is 3.20. The fourth-order valence-corrected chi connectivity index (χ4v) is 2.49. The highest BCUT2D eigenvalue weighted by molar-refractivity contribution is 6.04. The van der Waals surface area contributed by atoms with E-state index in [0.717, 1.165) is 23.4 Å². The first-order chi connectivity index (χ1) is 9.65. The first-order valence-electron chi connectivity index (χ1n) is 6.60. The number of fused-ring (bicyclic) bond motifs is 1. The molecule has 1 aliphatic heterocycles. The van der Waals surface area contributed by atoms with Crippen molar-refractivity contribution in [3.63, 3.8) is 0 Å². The Hall–Kier alpha value is -2.27. The van der Waals surface area contributed by atoms with Crippen molar-refractivity contribution in [1.29, 1.82) is 0 Å². The second kappa shape index (κ2) is 5.02. The van der Waals surface area contributed by atoms with Gasteiger partial charge in [0.25, 0.3) is 5.91 Å². The van der Waals surface area contributed by atoms with E-state index in [1.54, 1.807) is 17.2 Å². The average Bonchev–Trinajstić information content (AvgIpc) is 2.45. The Morgan fingerprint density at radius 1 is 1.35 bits per heavy atom. The lowest BCUT2D eigenvalue weighted by atomic mass is 9.98. The Bertz CT molecular complexity index is 656. The number of aromatic nitrogens is 2. The summed E-state index contributed by atoms with van der Waals surface area (Å²) in [5, 5.41) is 0. The van der Waals surface area contributed by atoms with E-state index >= 15 is 0 Å². The SMILES string of the molecule is Cc1ccnc(C(=O)N2CC(N)Cc3ccccc32)n1. The van der Waals surface area contributed by atoms with Crippen LogP contribution in [0.15, 0.2) is 36.5 Å². The lowest BCUT2D eigenvalue weighted by Crippen LogP contribution is -2.46. The van der Waals surface area contributed by atoms with Crippen molar-refractivity contribution in [2.75, 3.05) is 11.4 Å². The van der Waals surface area contributed by atoms with Crippen molar-refractivity contribution in [2.45, 2.75) is 19.4 Å². The van der Waals surface area contributed by atoms with Gasteiger partial charge in [0.15, 0.2) is 0 Å². The van der Waals surface area contributed by atoms with Crippen LogP contribution in [0.3, 0.4) is 0 Å². The van der Waals surface area contributed by atoms with Gasteiger partial charge in [0, 0.05) is 30.2 Å². The maximum absolute atomic E-state index is 12.6. The molecule has 1 unspecified atom stereocenters. The number of para-hydroxylation sites is 1. The molecule has 1 aromatic heterocycles. The lowest BCUT2D eigenvalue weighted by Gasteiger charge is -2.32. The Balaban J connectivity index is 2.00. The van der Waals surface area contributed by atoms with Gasteiger partial charge < -0.3 is 10.6 Å². The molecule has 0 saturated carbocycles. The molecule has 0 saturated heterocycles. The third-order valence-electron chi connectivity index (χ3n) is 3.41. The smallest absolute Gasteiger partial charge is 0.296 e. The summed E-state index contributed by atoms with van der Waals surface area (Å²) >= 11 is 0. The van der Waals surface area contributed by atoms with Gasteiger partial charge in [-0.2, -0.15) is 0 Å². The molecule has 1 atom stereocenters. The van der Waals surface area contributed by atoms with Crippen LogP contribution in [0.25, 0.3) is 0 Å². The Labute approximate surface area is 117 Å². The molecule has 2 N–H and O–H groups in total. The first-order valence-corrected chi connectivity index (χ1v) is 6.60. The molecule has 0 spiro atoms. The third kappa shape index (κ3) is 2.28. The van der Waals surface area contributed by atoms with Crippen LogP contribution in [0.2, 0.25) is 0 Å². The van der Waals surface area contributed by atoms with Gasteiger partial charge in [0.1, 0.15) is 0 Å². The van der Waals surface area contributed by atoms with Gasteiger partial charge in [-0.15, -0.1) is 0 Å². The summed E-state index contributed by atoms with van der Waals surface area (Å²) in [6.07, 6.45) is 2.39. The number of aryl methyl sites for hydroxylation is 1. The number of anilines is 1. The third-order valence-corrected chi connectivity index (χ3v) is 3.41. The van der Waals surface area contributed by atoms with Crippen LogP contribution in [0.1, 0.15) is 21.9 Å². The molecular formula is C15H16N4O. The van der Waals surface area contributed by atoms with Crippen LogP contribution in [-0.4, -0.2) is 28.5 Å². The largest absolute Gasteiger partial charge is 0.326 e. The molecule has 5 heteroatoms. The summed E-state index contributed by atoms with van der Waals surface area (Å²) in [6.45, 7) is 2.33. The molecule has 0 bridgehead atoms. The van der Waals surface area contributed by atoms with Crippen LogP contribution < -0.4 is 10.6 Å². The van der Waals surface area contributed by atoms with Gasteiger partial charge in [-0.1, -0.05) is 18.2 Å². The van der Waals surface area contributed by atoms with Crippen molar-refractivity contribution >= 4 is 11.6 Å². The van der Waals surface area contributed by atoms with Gasteiger partial charge in [-0.05, 0) is 31.0 Å². The molecule has 5 nitrogen and oxygen atoms in total. The van der Waals surface area contributed by atoms with E-state index in [4.69, 9.17) is 5.73 Å². The quantitative estimate of drug-likeness (QED) is 0.846. The molecule has 3 rings (SSSR count). The minimum Gasteiger partial charge on any atom is -0.326 e. The number of carbonyl (C=O) groups is 1. The highest BCUT2D eigenvalue weighted by atomic mass is 16.2. The van der Waals surface area contributed by atoms with E-state index in [-0.39, 0.29) is 17.8 Å². The van der Waals surface area contributed by atoms with Crippen LogP contribution >= 0.6 is 0 Å². The molecule has 0 aliphatic carbocycles. The van der Waals surface area contributed by atoms with Crippen LogP contribution in [0, 0.1) is 6.92 Å². The van der Waals surface area contributed by atoms with Crippen molar-refractivity contribution in [3.05, 3.63) is 53.6 Å². The standard InChI is InChI=1S/C15H16N4O/c1-10-6-7-17-14(18-10)15(20)19-9-12(16)8-11-4-2-3-5-13(11)19/h2-7,12H,8-9,16H2,1H3. The number of amides is 1. The second-order valence-electron chi connectivity index (χ2n) is 5.03. The number of carbonyl (C=O) groups excluding carboxylic acids is 1. The maximum atomic E-state index is 12.6. The molecular weight excluding hydrogens is 252 g/mol. The summed E-state index contributed by atoms with van der Waals surface area (Å²) < 4.78 is 0. The predicted octanol–water partition coefficient (Wildman–Crippen LogP) is 1.32. The average molecular weight is 268 g/mol. The van der Waals surface area contributed by atoms with Gasteiger partial charge in [-0.3, -0.25) is 4.79 Å². The van der Waals surface area contributed by atoms with E-state index < -0.39 is 0 Å². The number of hydrogen-bond donors (Lipinski definition) is 1. The fraction of sp³-hybridized carbons (Fsp3) is 0.267. The highest BCUT2D eigenvalue weighted by Gasteiger charge is 2.28. The molecule has 2 heterocycles. The van der Waals surface area contributed by atoms with Crippen molar-refractivity contribution in [3.8, 4) is 0 Å². The Morgan fingerprint density at radius 3 is 2.95 bits per heavy atom. The van der Waals surface area contributed by atoms with Crippen LogP contribution in [-0.2, 0) is 6.42 Å². The van der Waals surface area contributed by atoms with Crippen molar-refractivity contribution in [1.82, 2.24) is 9.97 Å². The molecule has 20 heavy (non-hydrogen) atoms. The minimum atomic E-state index is -0.198. The summed E-state index contributed by atoms with van der Waals surface area (Å²) in [7, 11) is 0. The van der Waals surface area contributed by atoms with Gasteiger partial charge in [-0.25, -0.2) is 9.97 Å². The zero-order chi connectivity index (χ0) is 14.1. The van der Waals surface area contributed by atoms with Crippen molar-refractivity contribution in [2.24, 2.45) is 5.73 Å². The first kappa shape index (κ1) is 12.7. The molecule has 0 radical (unpaired) electrons. The number of nitrogens with two attached hydrogens (primary N) is 1. The topological polar surface area (TPSA) is 72.1 Å². The zero-order valence-corrected chi connectivity index (χ0v) is 11.3. The van der Waals surface area contributed by atoms with Crippen LogP contribution in [0.4, 0.5) is 5.69 Å². The predicted molar refractivity (Wildman–Crippen MR) is 76.6 cm³/mol. The van der Waals surface area contributed by atoms with Gasteiger partial charge >= 0.3 is 0 Å². The van der Waals surface area contributed by atoms with E-state index in [1.807, 2.05) is 31.2 Å². The molecule has 1 amide bonds. The van der Waals surface area contributed by atoms with E-state index in [0.29, 0.717) is 6.54 Å². The highest BCUT2D eigenvalue weighted by Crippen LogP contribution is 2.27. The number of hydrogen-bond acceptors (Lipinski definition) is 4. The second-order valence-corrected chi connectivity index (χ2v) is 5.03.